The number of benzene rings is 1. The van der Waals surface area contributed by atoms with E-state index in [0.29, 0.717) is 162 Å². The topological polar surface area (TPSA) is 397 Å². The smallest absolute Gasteiger partial charge is 0.410 e. The van der Waals surface area contributed by atoms with Crippen LogP contribution in [0.4, 0.5) is 22.5 Å². The second-order valence-corrected chi connectivity index (χ2v) is 37.5. The van der Waals surface area contributed by atoms with E-state index in [-0.39, 0.29) is 55.1 Å². The molecule has 4 saturated heterocycles. The number of nitrogens with one attached hydrogen (secondary N) is 1. The molecule has 13 heterocycles. The number of esters is 1. The first-order valence-electron chi connectivity index (χ1n) is 47.2. The normalized spacial score (nSPS) is 28.7. The van der Waals surface area contributed by atoms with Crippen LogP contribution in [0.25, 0.3) is 33.3 Å². The molecular formula is C98H130N18O16. The van der Waals surface area contributed by atoms with Crippen LogP contribution in [0.1, 0.15) is 170 Å². The third kappa shape index (κ3) is 22.5. The molecule has 7 aromatic rings. The van der Waals surface area contributed by atoms with Crippen LogP contribution < -0.4 is 15.5 Å². The Bertz CT molecular complexity index is 5370. The lowest BCUT2D eigenvalue weighted by molar-refractivity contribution is -0.265. The maximum atomic E-state index is 14.9. The number of aliphatic hydroxyl groups excluding tert-OH is 1. The van der Waals surface area contributed by atoms with Gasteiger partial charge in [0.2, 0.25) is 17.7 Å². The minimum absolute atomic E-state index is 0.0180. The van der Waals surface area contributed by atoms with Crippen molar-refractivity contribution in [2.45, 2.75) is 219 Å². The number of carbonyl (C=O) groups is 7. The number of nitrogens with zero attached hydrogens (tertiary/aromatic N) is 16. The molecule has 15 rings (SSSR count). The number of pyridine rings is 1. The number of H-pyrrole nitrogens is 1. The van der Waals surface area contributed by atoms with Gasteiger partial charge in [0.15, 0.2) is 11.4 Å². The number of aliphatic hydroxyl groups is 2. The van der Waals surface area contributed by atoms with Gasteiger partial charge in [-0.3, -0.25) is 33.8 Å². The summed E-state index contributed by atoms with van der Waals surface area (Å²) < 4.78 is 44.7. The molecule has 1 aromatic carbocycles. The van der Waals surface area contributed by atoms with Gasteiger partial charge in [-0.15, -0.1) is 0 Å². The van der Waals surface area contributed by atoms with Crippen molar-refractivity contribution < 1.29 is 76.9 Å². The highest BCUT2D eigenvalue weighted by atomic mass is 16.6. The highest BCUT2D eigenvalue weighted by Gasteiger charge is 2.54. The van der Waals surface area contributed by atoms with Gasteiger partial charge in [-0.1, -0.05) is 89.3 Å². The summed E-state index contributed by atoms with van der Waals surface area (Å²) in [6, 6.07) is 9.16. The number of rotatable bonds is 19. The Hall–Kier alpha value is -10.7. The fourth-order valence-electron chi connectivity index (χ4n) is 20.1. The monoisotopic (exact) mass is 1810 g/mol. The molecule has 0 spiro atoms. The van der Waals surface area contributed by atoms with Crippen LogP contribution in [0.5, 0.6) is 0 Å². The van der Waals surface area contributed by atoms with Crippen molar-refractivity contribution in [3.8, 4) is 11.3 Å². The number of piperidine rings is 1. The van der Waals surface area contributed by atoms with Crippen molar-refractivity contribution >= 4 is 81.0 Å². The number of piperazine rings is 2. The van der Waals surface area contributed by atoms with E-state index in [1.54, 1.807) is 64.6 Å². The lowest BCUT2D eigenvalue weighted by Crippen LogP contribution is -2.61. The number of aromatic amines is 1. The molecule has 1 aliphatic carbocycles. The van der Waals surface area contributed by atoms with Crippen LogP contribution >= 0.6 is 0 Å². The van der Waals surface area contributed by atoms with Gasteiger partial charge < -0.3 is 78.6 Å². The quantitative estimate of drug-likeness (QED) is 0.0253. The summed E-state index contributed by atoms with van der Waals surface area (Å²) in [5.41, 5.74) is 16.1. The molecule has 132 heavy (non-hydrogen) atoms. The van der Waals surface area contributed by atoms with Crippen molar-refractivity contribution in [2.24, 2.45) is 35.5 Å². The molecule has 1 saturated carbocycles. The largest absolute Gasteiger partial charge is 0.460 e. The minimum atomic E-state index is -2.48. The molecule has 708 valence electrons. The van der Waals surface area contributed by atoms with Gasteiger partial charge in [0.1, 0.15) is 59.7 Å². The zero-order valence-electron chi connectivity index (χ0n) is 77.9. The molecule has 2 bridgehead atoms. The fourth-order valence-corrected chi connectivity index (χ4v) is 20.1. The van der Waals surface area contributed by atoms with Crippen LogP contribution in [0.3, 0.4) is 0 Å². The van der Waals surface area contributed by atoms with Crippen molar-refractivity contribution in [3.63, 3.8) is 0 Å². The van der Waals surface area contributed by atoms with Crippen LogP contribution in [-0.2, 0) is 89.6 Å². The molecule has 8 aliphatic rings. The summed E-state index contributed by atoms with van der Waals surface area (Å²) >= 11 is 0. The zero-order chi connectivity index (χ0) is 93.0. The molecule has 3 amide bonds. The van der Waals surface area contributed by atoms with Gasteiger partial charge in [-0.2, -0.15) is 5.10 Å². The second-order valence-electron chi connectivity index (χ2n) is 37.5. The van der Waals surface area contributed by atoms with Crippen LogP contribution in [0.15, 0.2) is 115 Å². The zero-order valence-corrected chi connectivity index (χ0v) is 77.9. The third-order valence-electron chi connectivity index (χ3n) is 28.3. The highest BCUT2D eigenvalue weighted by molar-refractivity contribution is 6.39. The number of allylic oxidation sites excluding steroid dienone is 6. The van der Waals surface area contributed by atoms with Crippen molar-refractivity contribution in [2.75, 3.05) is 129 Å². The van der Waals surface area contributed by atoms with Crippen molar-refractivity contribution in [1.29, 1.82) is 0 Å². The standard InChI is InChI=1S/C98H130N18O16/c1-60-17-12-11-13-18-61(2)80(126-8)49-75-24-20-66(7)98(125,132-75)88(120)93(122)115-31-15-14-19-77(115)94(123)130-81(50-78(117)62(3)44-65(6)86(119)87(128-10)85(118)64(5)43-60)63(4)45-67-22-25-79(82(47-67)127-9)131-97(124)114-33-28-76-74(57-114)54-104-96(107-76)112-38-34-109(35-39-112)30-16-42-129-59-110-36-40-111(41-37-110)95-102-52-73(53-103-95)92(121)113-32-27-69-46-68(21-23-71(69)56-113)55-116-91-83(89(99)105-58-106-91)84(108-116)72-48-70-26-29-100-90(70)101-51-72/h11-13,17-18,21,23,26,29,44,46,48,51-54,58,60,62-64,66-67,75,77,79-82,86-87,119,125H,14-16,19-20,22,24-25,27-28,30-43,45,47,49-50,55-57,59H2,1-10H3,(H,100,101)(H2,99,105,106)/b13-11+,17-12+,61-18+,65-44+/t60-,62-,63-,64-,66-,67+,75+,77+,79-,80+,81+,82-,86-,87+,98-/m1/s1. The number of cyclic esters (lactones) is 1. The second kappa shape index (κ2) is 43.5. The Morgan fingerprint density at radius 2 is 1.48 bits per heavy atom. The third-order valence-corrected chi connectivity index (χ3v) is 28.3. The number of Topliss-reactive ketones (excluding diaryl/α,β-unsaturated/α-hetero) is 3. The molecule has 6 aromatic heterocycles. The Morgan fingerprint density at radius 1 is 0.727 bits per heavy atom. The number of nitrogens with two attached hydrogens (primary N) is 1. The number of methoxy groups -OCH3 is 3. The van der Waals surface area contributed by atoms with Gasteiger partial charge in [-0.05, 0) is 149 Å². The van der Waals surface area contributed by atoms with Crippen LogP contribution in [0.2, 0.25) is 0 Å². The molecule has 5 fully saturated rings. The minimum Gasteiger partial charge on any atom is -0.460 e. The van der Waals surface area contributed by atoms with E-state index in [2.05, 4.69) is 67.7 Å². The first-order chi connectivity index (χ1) is 63.7. The average Bonchev–Trinajstić information content (AvgIpc) is 1.73. The molecular weight excluding hydrogens is 1690 g/mol. The van der Waals surface area contributed by atoms with E-state index in [0.717, 1.165) is 110 Å². The van der Waals surface area contributed by atoms with E-state index in [1.807, 2.05) is 92.2 Å². The highest BCUT2D eigenvalue weighted by Crippen LogP contribution is 2.41. The number of ether oxygens (including phenoxy) is 7. The number of hydrogen-bond donors (Lipinski definition) is 4. The Morgan fingerprint density at radius 3 is 2.26 bits per heavy atom. The molecule has 5 N–H and O–H groups in total. The molecule has 15 atom stereocenters. The lowest BCUT2D eigenvalue weighted by atomic mass is 9.78. The fraction of sp³-hybridized carbons (Fsp3) is 0.582. The number of fused-ring (bicyclic) bond motifs is 7. The molecule has 7 aliphatic heterocycles. The Kier molecular flexibility index (Phi) is 31.6. The maximum Gasteiger partial charge on any atom is 0.410 e. The summed E-state index contributed by atoms with van der Waals surface area (Å²) in [7, 11) is 4.55. The van der Waals surface area contributed by atoms with E-state index < -0.39 is 102 Å². The lowest BCUT2D eigenvalue weighted by Gasteiger charge is -2.42. The van der Waals surface area contributed by atoms with Gasteiger partial charge in [0.25, 0.3) is 17.6 Å². The summed E-state index contributed by atoms with van der Waals surface area (Å²) in [5, 5.41) is 30.6. The van der Waals surface area contributed by atoms with E-state index >= 15 is 0 Å². The average molecular weight is 1820 g/mol. The molecule has 0 radical (unpaired) electrons. The Balaban J connectivity index is 0.487. The first-order valence-corrected chi connectivity index (χ1v) is 47.2. The number of anilines is 3. The van der Waals surface area contributed by atoms with E-state index in [4.69, 9.17) is 54.0 Å². The number of amides is 3. The van der Waals surface area contributed by atoms with E-state index in [9.17, 15) is 43.8 Å². The SMILES string of the molecule is CO[C@H]1C[C@@H]2CC[C@@H](C)[C@@](O)(O2)C(=O)C(=O)N2CCCC[C@H]2C(=O)O[C@H]([C@H](C)C[C@@H]2CC[C@@H](OC(=O)N3CCc4nc(N5CCN(CCCOCN6CCN(c7ncc(C(=O)N8CCc9cc(Cn%10nc(-c%11cnc%12[nH]ccc%12c%11)c%11c(N)ncnc%11%10)ccc9C8)cn7)CC6)CC5)ncc4C3)[C@H](OC)C2)CC(=O)[C@H](C)/C=C(\C)[C@@H](O)[C@@H](OC)C(=O)[C@H](C)C[C@H](C)/C=C/C=C/C=C/1C. The number of aromatic nitrogens is 10. The summed E-state index contributed by atoms with van der Waals surface area (Å²) in [6.45, 7) is 23.4. The van der Waals surface area contributed by atoms with Gasteiger partial charge >= 0.3 is 12.1 Å². The molecule has 34 heteroatoms. The number of hydrogen-bond acceptors (Lipinski definition) is 29. The predicted octanol–water partition coefficient (Wildman–Crippen LogP) is 9.78. The van der Waals surface area contributed by atoms with E-state index in [1.165, 1.54) is 23.9 Å². The van der Waals surface area contributed by atoms with Crippen LogP contribution in [-0.4, -0.2) is 293 Å². The molecule has 0 unspecified atom stereocenters. The van der Waals surface area contributed by atoms with Gasteiger partial charge in [0.05, 0.1) is 54.8 Å². The maximum absolute atomic E-state index is 14.9. The van der Waals surface area contributed by atoms with Crippen molar-refractivity contribution in [1.82, 2.24) is 74.2 Å². The summed E-state index contributed by atoms with van der Waals surface area (Å²) in [6.07, 6.45) is 22.0. The summed E-state index contributed by atoms with van der Waals surface area (Å²) in [4.78, 5) is 150. The first kappa shape index (κ1) is 95.9. The predicted molar refractivity (Wildman–Crippen MR) is 494 cm³/mol. The van der Waals surface area contributed by atoms with Crippen LogP contribution in [0, 0.1) is 35.5 Å². The Labute approximate surface area is 771 Å². The van der Waals surface area contributed by atoms with Gasteiger partial charge in [-0.25, -0.2) is 49.2 Å². The molecule has 34 nitrogen and oxygen atoms in total. The number of carbonyl (C=O) groups excluding carboxylic acids is 7. The summed E-state index contributed by atoms with van der Waals surface area (Å²) in [5.74, 6) is -7.08. The van der Waals surface area contributed by atoms with Crippen molar-refractivity contribution in [3.05, 3.63) is 149 Å². The number of nitrogen functional groups attached to an aromatic ring is 1. The van der Waals surface area contributed by atoms with Gasteiger partial charge in [0, 0.05) is 198 Å². The number of ketones is 3.